The Bertz CT molecular complexity index is 567. The van der Waals surface area contributed by atoms with Crippen LogP contribution in [0.4, 0.5) is 0 Å². The molecule has 4 nitrogen and oxygen atoms in total. The maximum atomic E-state index is 12.6. The van der Waals surface area contributed by atoms with Crippen molar-refractivity contribution in [3.05, 3.63) is 35.9 Å². The van der Waals surface area contributed by atoms with Gasteiger partial charge in [-0.2, -0.15) is 0 Å². The van der Waals surface area contributed by atoms with Crippen molar-refractivity contribution in [1.29, 1.82) is 0 Å². The van der Waals surface area contributed by atoms with Crippen LogP contribution in [0.5, 0.6) is 0 Å². The van der Waals surface area contributed by atoms with Gasteiger partial charge in [0, 0.05) is 24.0 Å². The van der Waals surface area contributed by atoms with Gasteiger partial charge in [0.25, 0.3) is 5.91 Å². The zero-order valence-electron chi connectivity index (χ0n) is 14.2. The third kappa shape index (κ3) is 3.02. The average molecular weight is 317 g/mol. The van der Waals surface area contributed by atoms with Gasteiger partial charge in [0.05, 0.1) is 6.10 Å². The molecule has 4 atom stereocenters. The van der Waals surface area contributed by atoms with Crippen LogP contribution < -0.4 is 5.32 Å². The molecule has 0 bridgehead atoms. The molecule has 4 heteroatoms. The molecule has 1 saturated heterocycles. The van der Waals surface area contributed by atoms with Gasteiger partial charge in [-0.1, -0.05) is 44.2 Å². The van der Waals surface area contributed by atoms with Gasteiger partial charge >= 0.3 is 0 Å². The summed E-state index contributed by atoms with van der Waals surface area (Å²) in [6, 6.07) is 10.0. The smallest absolute Gasteiger partial charge is 0.251 e. The van der Waals surface area contributed by atoms with Crippen LogP contribution in [0.2, 0.25) is 0 Å². The zero-order chi connectivity index (χ0) is 16.7. The number of hydrogen-bond acceptors (Lipinski definition) is 3. The Balaban J connectivity index is 1.58. The predicted octanol–water partition coefficient (Wildman–Crippen LogP) is 2.30. The van der Waals surface area contributed by atoms with E-state index >= 15 is 0 Å². The van der Waals surface area contributed by atoms with Gasteiger partial charge in [-0.05, 0) is 31.7 Å². The first-order valence-electron chi connectivity index (χ1n) is 8.51. The number of rotatable bonds is 5. The maximum Gasteiger partial charge on any atom is 0.251 e. The fourth-order valence-electron chi connectivity index (χ4n) is 4.06. The summed E-state index contributed by atoms with van der Waals surface area (Å²) in [5.41, 5.74) is -0.281. The van der Waals surface area contributed by atoms with Crippen molar-refractivity contribution in [2.75, 3.05) is 6.61 Å². The summed E-state index contributed by atoms with van der Waals surface area (Å²) in [6.45, 7) is 6.64. The molecular formula is C19H27NO3. The Hall–Kier alpha value is -1.39. The number of ether oxygens (including phenoxy) is 1. The van der Waals surface area contributed by atoms with Crippen molar-refractivity contribution >= 4 is 5.91 Å². The maximum absolute atomic E-state index is 12.6. The van der Waals surface area contributed by atoms with E-state index in [1.165, 1.54) is 0 Å². The number of amides is 1. The number of hydrogen-bond donors (Lipinski definition) is 2. The molecule has 1 heterocycles. The van der Waals surface area contributed by atoms with Crippen LogP contribution in [0.1, 0.15) is 39.2 Å². The predicted molar refractivity (Wildman–Crippen MR) is 88.9 cm³/mol. The molecule has 0 spiro atoms. The van der Waals surface area contributed by atoms with Gasteiger partial charge in [-0.15, -0.1) is 0 Å². The van der Waals surface area contributed by atoms with E-state index in [1.807, 2.05) is 30.3 Å². The second-order valence-electron chi connectivity index (χ2n) is 7.78. The summed E-state index contributed by atoms with van der Waals surface area (Å²) in [5.74, 6) is 0.121. The molecule has 23 heavy (non-hydrogen) atoms. The van der Waals surface area contributed by atoms with Gasteiger partial charge in [-0.25, -0.2) is 0 Å². The SMILES string of the molecule is CC(O)(CCc1ccccc1)C(=O)NC1C2CCOC2C1(C)C. The molecule has 2 aliphatic rings. The molecule has 2 N–H and O–H groups in total. The minimum absolute atomic E-state index is 0.0632. The fraction of sp³-hybridized carbons (Fsp3) is 0.632. The highest BCUT2D eigenvalue weighted by Gasteiger charge is 2.60. The summed E-state index contributed by atoms with van der Waals surface area (Å²) < 4.78 is 5.76. The van der Waals surface area contributed by atoms with E-state index in [-0.39, 0.29) is 23.5 Å². The van der Waals surface area contributed by atoms with E-state index in [0.29, 0.717) is 18.8 Å². The number of aryl methyl sites for hydroxylation is 1. The molecule has 1 aliphatic heterocycles. The molecule has 1 aromatic rings. The Morgan fingerprint density at radius 1 is 1.39 bits per heavy atom. The van der Waals surface area contributed by atoms with Crippen LogP contribution in [0.15, 0.2) is 30.3 Å². The highest BCUT2D eigenvalue weighted by Crippen LogP contribution is 2.52. The molecule has 126 valence electrons. The lowest BCUT2D eigenvalue weighted by molar-refractivity contribution is -0.152. The molecule has 1 aromatic carbocycles. The van der Waals surface area contributed by atoms with E-state index in [4.69, 9.17) is 4.74 Å². The van der Waals surface area contributed by atoms with Crippen LogP contribution in [0.25, 0.3) is 0 Å². The van der Waals surface area contributed by atoms with Gasteiger partial charge < -0.3 is 15.2 Å². The molecule has 2 fully saturated rings. The summed E-state index contributed by atoms with van der Waals surface area (Å²) in [5, 5.41) is 13.7. The number of nitrogens with one attached hydrogen (secondary N) is 1. The largest absolute Gasteiger partial charge is 0.380 e. The zero-order valence-corrected chi connectivity index (χ0v) is 14.2. The van der Waals surface area contributed by atoms with E-state index in [2.05, 4.69) is 19.2 Å². The highest BCUT2D eigenvalue weighted by atomic mass is 16.5. The molecule has 1 amide bonds. The van der Waals surface area contributed by atoms with Gasteiger partial charge in [0.1, 0.15) is 5.60 Å². The van der Waals surface area contributed by atoms with Crippen molar-refractivity contribution in [3.8, 4) is 0 Å². The van der Waals surface area contributed by atoms with E-state index < -0.39 is 5.60 Å². The van der Waals surface area contributed by atoms with Crippen molar-refractivity contribution in [2.24, 2.45) is 11.3 Å². The second-order valence-corrected chi connectivity index (χ2v) is 7.78. The van der Waals surface area contributed by atoms with Crippen molar-refractivity contribution in [3.63, 3.8) is 0 Å². The van der Waals surface area contributed by atoms with E-state index in [0.717, 1.165) is 18.6 Å². The van der Waals surface area contributed by atoms with Crippen molar-refractivity contribution in [1.82, 2.24) is 5.32 Å². The lowest BCUT2D eigenvalue weighted by Crippen LogP contribution is -2.68. The Morgan fingerprint density at radius 2 is 2.09 bits per heavy atom. The first kappa shape index (κ1) is 16.5. The first-order chi connectivity index (χ1) is 10.8. The molecule has 1 saturated carbocycles. The lowest BCUT2D eigenvalue weighted by atomic mass is 9.57. The monoisotopic (exact) mass is 317 g/mol. The minimum atomic E-state index is -1.35. The van der Waals surface area contributed by atoms with Crippen LogP contribution in [-0.2, 0) is 16.0 Å². The van der Waals surface area contributed by atoms with Crippen LogP contribution in [-0.4, -0.2) is 35.4 Å². The molecular weight excluding hydrogens is 290 g/mol. The quantitative estimate of drug-likeness (QED) is 0.876. The van der Waals surface area contributed by atoms with Crippen LogP contribution in [0, 0.1) is 11.3 Å². The van der Waals surface area contributed by atoms with E-state index in [9.17, 15) is 9.90 Å². The number of carbonyl (C=O) groups is 1. The molecule has 1 aliphatic carbocycles. The Labute approximate surface area is 138 Å². The number of benzene rings is 1. The van der Waals surface area contributed by atoms with Crippen LogP contribution >= 0.6 is 0 Å². The minimum Gasteiger partial charge on any atom is -0.380 e. The molecule has 0 radical (unpaired) electrons. The average Bonchev–Trinajstić information content (AvgIpc) is 2.98. The van der Waals surface area contributed by atoms with E-state index in [1.54, 1.807) is 6.92 Å². The number of fused-ring (bicyclic) bond motifs is 1. The highest BCUT2D eigenvalue weighted by molar-refractivity contribution is 5.85. The van der Waals surface area contributed by atoms with Crippen molar-refractivity contribution in [2.45, 2.75) is 57.8 Å². The van der Waals surface area contributed by atoms with Gasteiger partial charge in [0.15, 0.2) is 0 Å². The Morgan fingerprint density at radius 3 is 2.78 bits per heavy atom. The summed E-state index contributed by atoms with van der Waals surface area (Å²) in [6.07, 6.45) is 2.33. The number of aliphatic hydroxyl groups is 1. The fourth-order valence-corrected chi connectivity index (χ4v) is 4.06. The van der Waals surface area contributed by atoms with Gasteiger partial charge in [0.2, 0.25) is 0 Å². The van der Waals surface area contributed by atoms with Crippen LogP contribution in [0.3, 0.4) is 0 Å². The third-order valence-electron chi connectivity index (χ3n) is 5.62. The molecule has 0 aromatic heterocycles. The first-order valence-corrected chi connectivity index (χ1v) is 8.51. The number of carbonyl (C=O) groups excluding carboxylic acids is 1. The Kier molecular flexibility index (Phi) is 4.23. The second kappa shape index (κ2) is 5.91. The normalized spacial score (nSPS) is 30.9. The molecule has 4 unspecified atom stereocenters. The standard InChI is InChI=1S/C19H27NO3/c1-18(2)15(14-10-12-23-16(14)18)20-17(21)19(3,22)11-9-13-7-5-4-6-8-13/h4-8,14-16,22H,9-12H2,1-3H3,(H,20,21). The topological polar surface area (TPSA) is 58.6 Å². The summed E-state index contributed by atoms with van der Waals surface area (Å²) >= 11 is 0. The van der Waals surface area contributed by atoms with Crippen molar-refractivity contribution < 1.29 is 14.6 Å². The van der Waals surface area contributed by atoms with Gasteiger partial charge in [-0.3, -0.25) is 4.79 Å². The molecule has 3 rings (SSSR count). The summed E-state index contributed by atoms with van der Waals surface area (Å²) in [7, 11) is 0. The third-order valence-corrected chi connectivity index (χ3v) is 5.62. The lowest BCUT2D eigenvalue weighted by Gasteiger charge is -2.55. The summed E-state index contributed by atoms with van der Waals surface area (Å²) in [4.78, 5) is 12.6.